The Kier molecular flexibility index (Phi) is 5.75. The summed E-state index contributed by atoms with van der Waals surface area (Å²) in [5.74, 6) is -1.24. The number of aromatic nitrogens is 3. The number of carbonyl (C=O) groups excluding carboxylic acids is 2. The first kappa shape index (κ1) is 20.3. The van der Waals surface area contributed by atoms with E-state index in [0.717, 1.165) is 16.3 Å². The van der Waals surface area contributed by atoms with E-state index in [1.807, 2.05) is 54.6 Å². The molecule has 0 bridgehead atoms. The summed E-state index contributed by atoms with van der Waals surface area (Å²) >= 11 is 0. The highest BCUT2D eigenvalue weighted by molar-refractivity contribution is 6.13. The largest absolute Gasteiger partial charge is 0.462 e. The standard InChI is InChI=1S/C24H21N3O4/c1-3-30-23(28)18-19(24(29)31-4-2)22(26-20(18)15-10-6-5-7-11-15)21-17-13-9-8-12-16(17)14-25-27-21/h5-14,26H,3-4H2,1-2H3. The first-order valence-electron chi connectivity index (χ1n) is 10.0. The number of ether oxygens (including phenoxy) is 2. The Morgan fingerprint density at radius 2 is 1.45 bits per heavy atom. The Bertz CT molecular complexity index is 1240. The molecule has 0 aliphatic carbocycles. The molecule has 7 heteroatoms. The minimum Gasteiger partial charge on any atom is -0.462 e. The van der Waals surface area contributed by atoms with Crippen LogP contribution in [-0.2, 0) is 9.47 Å². The first-order chi connectivity index (χ1) is 15.2. The van der Waals surface area contributed by atoms with E-state index >= 15 is 0 Å². The van der Waals surface area contributed by atoms with Gasteiger partial charge < -0.3 is 14.5 Å². The van der Waals surface area contributed by atoms with Gasteiger partial charge in [-0.15, -0.1) is 5.10 Å². The van der Waals surface area contributed by atoms with Gasteiger partial charge in [0.05, 0.1) is 30.8 Å². The lowest BCUT2D eigenvalue weighted by atomic mass is 10.0. The number of hydrogen-bond donors (Lipinski definition) is 1. The van der Waals surface area contributed by atoms with Crippen LogP contribution in [0.3, 0.4) is 0 Å². The molecule has 0 radical (unpaired) electrons. The molecule has 0 unspecified atom stereocenters. The van der Waals surface area contributed by atoms with Crippen LogP contribution in [0.2, 0.25) is 0 Å². The van der Waals surface area contributed by atoms with Gasteiger partial charge in [-0.1, -0.05) is 54.6 Å². The van der Waals surface area contributed by atoms with Crippen LogP contribution in [0.5, 0.6) is 0 Å². The van der Waals surface area contributed by atoms with Crippen molar-refractivity contribution in [2.45, 2.75) is 13.8 Å². The van der Waals surface area contributed by atoms with E-state index in [9.17, 15) is 9.59 Å². The summed E-state index contributed by atoms with van der Waals surface area (Å²) in [5, 5.41) is 10.0. The summed E-state index contributed by atoms with van der Waals surface area (Å²) in [4.78, 5) is 29.3. The van der Waals surface area contributed by atoms with Gasteiger partial charge in [-0.05, 0) is 19.4 Å². The van der Waals surface area contributed by atoms with Crippen molar-refractivity contribution in [3.05, 3.63) is 71.9 Å². The number of aromatic amines is 1. The third-order valence-electron chi connectivity index (χ3n) is 4.83. The van der Waals surface area contributed by atoms with Crippen molar-refractivity contribution in [3.8, 4) is 22.6 Å². The van der Waals surface area contributed by atoms with Crippen molar-refractivity contribution in [1.82, 2.24) is 15.2 Å². The molecule has 0 fully saturated rings. The molecule has 2 heterocycles. The Hall–Kier alpha value is -4.00. The zero-order valence-electron chi connectivity index (χ0n) is 17.2. The van der Waals surface area contributed by atoms with E-state index in [-0.39, 0.29) is 24.3 Å². The zero-order chi connectivity index (χ0) is 21.8. The minimum atomic E-state index is -0.631. The molecule has 2 aromatic heterocycles. The van der Waals surface area contributed by atoms with E-state index in [1.165, 1.54) is 0 Å². The van der Waals surface area contributed by atoms with Gasteiger partial charge in [0, 0.05) is 10.8 Å². The van der Waals surface area contributed by atoms with Gasteiger partial charge in [0.15, 0.2) is 0 Å². The Morgan fingerprint density at radius 1 is 0.839 bits per heavy atom. The van der Waals surface area contributed by atoms with Crippen LogP contribution in [-0.4, -0.2) is 40.3 Å². The number of fused-ring (bicyclic) bond motifs is 1. The van der Waals surface area contributed by atoms with Gasteiger partial charge in [-0.25, -0.2) is 9.59 Å². The predicted octanol–water partition coefficient (Wildman–Crippen LogP) is 4.65. The third kappa shape index (κ3) is 3.77. The van der Waals surface area contributed by atoms with Crippen LogP contribution in [0.15, 0.2) is 60.8 Å². The molecule has 7 nitrogen and oxygen atoms in total. The van der Waals surface area contributed by atoms with Gasteiger partial charge in [0.2, 0.25) is 0 Å². The highest BCUT2D eigenvalue weighted by Gasteiger charge is 2.32. The molecule has 0 aliphatic rings. The second-order valence-electron chi connectivity index (χ2n) is 6.71. The fourth-order valence-electron chi connectivity index (χ4n) is 3.53. The van der Waals surface area contributed by atoms with Crippen molar-refractivity contribution in [2.24, 2.45) is 0 Å². The van der Waals surface area contributed by atoms with E-state index in [0.29, 0.717) is 17.1 Å². The van der Waals surface area contributed by atoms with Crippen molar-refractivity contribution in [3.63, 3.8) is 0 Å². The fraction of sp³-hybridized carbons (Fsp3) is 0.167. The minimum absolute atomic E-state index is 0.0878. The number of hydrogen-bond acceptors (Lipinski definition) is 6. The lowest BCUT2D eigenvalue weighted by Gasteiger charge is -2.08. The van der Waals surface area contributed by atoms with E-state index < -0.39 is 11.9 Å². The Labute approximate surface area is 179 Å². The van der Waals surface area contributed by atoms with Gasteiger partial charge in [-0.3, -0.25) is 0 Å². The Balaban J connectivity index is 2.07. The number of nitrogens with one attached hydrogen (secondary N) is 1. The topological polar surface area (TPSA) is 94.2 Å². The molecule has 0 spiro atoms. The van der Waals surface area contributed by atoms with Crippen molar-refractivity contribution >= 4 is 22.7 Å². The lowest BCUT2D eigenvalue weighted by molar-refractivity contribution is 0.0481. The number of H-pyrrole nitrogens is 1. The van der Waals surface area contributed by atoms with Gasteiger partial charge in [-0.2, -0.15) is 5.10 Å². The number of rotatable bonds is 6. The maximum Gasteiger partial charge on any atom is 0.341 e. The molecule has 0 saturated carbocycles. The normalized spacial score (nSPS) is 10.8. The van der Waals surface area contributed by atoms with Crippen LogP contribution < -0.4 is 0 Å². The second-order valence-corrected chi connectivity index (χ2v) is 6.71. The molecule has 156 valence electrons. The van der Waals surface area contributed by atoms with E-state index in [1.54, 1.807) is 20.0 Å². The second kappa shape index (κ2) is 8.79. The van der Waals surface area contributed by atoms with Crippen molar-refractivity contribution in [1.29, 1.82) is 0 Å². The van der Waals surface area contributed by atoms with Crippen LogP contribution in [0.1, 0.15) is 34.6 Å². The van der Waals surface area contributed by atoms with E-state index in [4.69, 9.17) is 9.47 Å². The Morgan fingerprint density at radius 3 is 2.13 bits per heavy atom. The van der Waals surface area contributed by atoms with Gasteiger partial charge in [0.1, 0.15) is 16.8 Å². The zero-order valence-corrected chi connectivity index (χ0v) is 17.2. The fourth-order valence-corrected chi connectivity index (χ4v) is 3.53. The van der Waals surface area contributed by atoms with Crippen LogP contribution in [0.4, 0.5) is 0 Å². The lowest BCUT2D eigenvalue weighted by Crippen LogP contribution is -2.14. The summed E-state index contributed by atoms with van der Waals surface area (Å²) in [7, 11) is 0. The SMILES string of the molecule is CCOC(=O)c1c(-c2ccccc2)[nH]c(-c2nncc3ccccc23)c1C(=O)OCC. The van der Waals surface area contributed by atoms with Crippen molar-refractivity contribution < 1.29 is 19.1 Å². The van der Waals surface area contributed by atoms with Crippen molar-refractivity contribution in [2.75, 3.05) is 13.2 Å². The average molecular weight is 415 g/mol. The predicted molar refractivity (Wildman–Crippen MR) is 117 cm³/mol. The van der Waals surface area contributed by atoms with Crippen LogP contribution in [0.25, 0.3) is 33.4 Å². The number of esters is 2. The molecular weight excluding hydrogens is 394 g/mol. The molecule has 31 heavy (non-hydrogen) atoms. The smallest absolute Gasteiger partial charge is 0.341 e. The maximum absolute atomic E-state index is 13.1. The summed E-state index contributed by atoms with van der Waals surface area (Å²) in [5.41, 5.74) is 2.22. The molecule has 1 N–H and O–H groups in total. The van der Waals surface area contributed by atoms with Gasteiger partial charge in [0.25, 0.3) is 0 Å². The quantitative estimate of drug-likeness (QED) is 0.461. The van der Waals surface area contributed by atoms with Crippen LogP contribution in [0, 0.1) is 0 Å². The molecule has 0 atom stereocenters. The van der Waals surface area contributed by atoms with E-state index in [2.05, 4.69) is 15.2 Å². The summed E-state index contributed by atoms with van der Waals surface area (Å²) in [6.45, 7) is 3.76. The molecule has 0 aliphatic heterocycles. The highest BCUT2D eigenvalue weighted by Crippen LogP contribution is 2.36. The number of benzene rings is 2. The monoisotopic (exact) mass is 415 g/mol. The maximum atomic E-state index is 13.1. The summed E-state index contributed by atoms with van der Waals surface area (Å²) < 4.78 is 10.6. The molecule has 4 rings (SSSR count). The number of carbonyl (C=O) groups is 2. The third-order valence-corrected chi connectivity index (χ3v) is 4.83. The molecule has 0 saturated heterocycles. The van der Waals surface area contributed by atoms with Crippen LogP contribution >= 0.6 is 0 Å². The highest BCUT2D eigenvalue weighted by atomic mass is 16.5. The first-order valence-corrected chi connectivity index (χ1v) is 10.0. The molecule has 4 aromatic rings. The molecule has 0 amide bonds. The van der Waals surface area contributed by atoms with Gasteiger partial charge >= 0.3 is 11.9 Å². The molecular formula is C24H21N3O4. The summed E-state index contributed by atoms with van der Waals surface area (Å²) in [6.07, 6.45) is 1.65. The molecule has 2 aromatic carbocycles. The average Bonchev–Trinajstić information content (AvgIpc) is 3.20. The number of nitrogens with zero attached hydrogens (tertiary/aromatic N) is 2. The summed E-state index contributed by atoms with van der Waals surface area (Å²) in [6, 6.07) is 16.9.